The molecular formula is C11H18O. The zero-order chi connectivity index (χ0) is 8.55. The molecule has 0 radical (unpaired) electrons. The molecule has 0 heterocycles. The molecule has 12 heavy (non-hydrogen) atoms. The molecule has 2 aliphatic carbocycles. The van der Waals surface area contributed by atoms with Crippen LogP contribution >= 0.6 is 0 Å². The van der Waals surface area contributed by atoms with Crippen molar-refractivity contribution < 1.29 is 5.11 Å². The van der Waals surface area contributed by atoms with Gasteiger partial charge in [-0.2, -0.15) is 0 Å². The van der Waals surface area contributed by atoms with Crippen molar-refractivity contribution in [2.45, 2.75) is 51.6 Å². The Bertz CT molecular complexity index is 205. The predicted octanol–water partition coefficient (Wildman–Crippen LogP) is 2.65. The SMILES string of the molecule is CC1=C2CCC[C@@H](O)[C@@H](CC1)C2. The highest BCUT2D eigenvalue weighted by atomic mass is 16.3. The van der Waals surface area contributed by atoms with Gasteiger partial charge in [0.1, 0.15) is 0 Å². The van der Waals surface area contributed by atoms with Crippen molar-refractivity contribution in [2.24, 2.45) is 5.92 Å². The highest BCUT2D eigenvalue weighted by molar-refractivity contribution is 5.17. The molecule has 0 aromatic rings. The highest BCUT2D eigenvalue weighted by Gasteiger charge is 2.27. The number of rotatable bonds is 0. The number of fused-ring (bicyclic) bond motifs is 2. The third-order valence-corrected chi connectivity index (χ3v) is 3.52. The first-order valence-corrected chi connectivity index (χ1v) is 5.13. The molecule has 2 atom stereocenters. The van der Waals surface area contributed by atoms with E-state index in [0.29, 0.717) is 5.92 Å². The van der Waals surface area contributed by atoms with E-state index in [-0.39, 0.29) is 6.10 Å². The summed E-state index contributed by atoms with van der Waals surface area (Å²) in [5.74, 6) is 0.589. The van der Waals surface area contributed by atoms with Gasteiger partial charge in [-0.3, -0.25) is 0 Å². The van der Waals surface area contributed by atoms with E-state index in [2.05, 4.69) is 6.92 Å². The summed E-state index contributed by atoms with van der Waals surface area (Å²) >= 11 is 0. The average Bonchev–Trinajstić information content (AvgIpc) is 2.21. The van der Waals surface area contributed by atoms with Crippen LogP contribution in [0.4, 0.5) is 0 Å². The first kappa shape index (κ1) is 8.31. The van der Waals surface area contributed by atoms with Gasteiger partial charge in [0.25, 0.3) is 0 Å². The van der Waals surface area contributed by atoms with Crippen LogP contribution in [0.15, 0.2) is 11.1 Å². The molecule has 1 saturated carbocycles. The van der Waals surface area contributed by atoms with Gasteiger partial charge in [0.15, 0.2) is 0 Å². The van der Waals surface area contributed by atoms with Crippen molar-refractivity contribution in [3.8, 4) is 0 Å². The van der Waals surface area contributed by atoms with Gasteiger partial charge in [0.05, 0.1) is 6.10 Å². The van der Waals surface area contributed by atoms with E-state index in [9.17, 15) is 5.11 Å². The molecule has 0 aromatic heterocycles. The fraction of sp³-hybridized carbons (Fsp3) is 0.818. The van der Waals surface area contributed by atoms with Crippen LogP contribution in [0.25, 0.3) is 0 Å². The second-order valence-electron chi connectivity index (χ2n) is 4.35. The summed E-state index contributed by atoms with van der Waals surface area (Å²) < 4.78 is 0. The Morgan fingerprint density at radius 3 is 2.92 bits per heavy atom. The quantitative estimate of drug-likeness (QED) is 0.548. The molecule has 1 fully saturated rings. The van der Waals surface area contributed by atoms with E-state index in [4.69, 9.17) is 0 Å². The van der Waals surface area contributed by atoms with Gasteiger partial charge in [-0.05, 0) is 51.4 Å². The number of hydrogen-bond acceptors (Lipinski definition) is 1. The summed E-state index contributed by atoms with van der Waals surface area (Å²) in [4.78, 5) is 0. The molecule has 0 spiro atoms. The predicted molar refractivity (Wildman–Crippen MR) is 49.9 cm³/mol. The van der Waals surface area contributed by atoms with Gasteiger partial charge < -0.3 is 5.11 Å². The van der Waals surface area contributed by atoms with Crippen molar-refractivity contribution >= 4 is 0 Å². The number of hydrogen-bond donors (Lipinski definition) is 1. The largest absolute Gasteiger partial charge is 0.393 e. The number of aliphatic hydroxyl groups excluding tert-OH is 1. The Kier molecular flexibility index (Phi) is 2.22. The molecule has 0 saturated heterocycles. The molecule has 1 nitrogen and oxygen atoms in total. The van der Waals surface area contributed by atoms with Crippen LogP contribution in [0.5, 0.6) is 0 Å². The first-order chi connectivity index (χ1) is 5.77. The minimum Gasteiger partial charge on any atom is -0.393 e. The summed E-state index contributed by atoms with van der Waals surface area (Å²) in [6, 6.07) is 0. The standard InChI is InChI=1S/C11H18O/c1-8-5-6-10-7-9(8)3-2-4-11(10)12/h10-12H,2-7H2,1H3/t10-,11+/m0/s1. The van der Waals surface area contributed by atoms with Gasteiger partial charge in [-0.1, -0.05) is 11.1 Å². The lowest BCUT2D eigenvalue weighted by molar-refractivity contribution is 0.0964. The van der Waals surface area contributed by atoms with Crippen LogP contribution in [-0.2, 0) is 0 Å². The maximum Gasteiger partial charge on any atom is 0.0571 e. The summed E-state index contributed by atoms with van der Waals surface area (Å²) in [7, 11) is 0. The van der Waals surface area contributed by atoms with Crippen molar-refractivity contribution in [1.29, 1.82) is 0 Å². The van der Waals surface area contributed by atoms with Gasteiger partial charge in [0, 0.05) is 0 Å². The maximum absolute atomic E-state index is 9.76. The molecule has 0 unspecified atom stereocenters. The van der Waals surface area contributed by atoms with Crippen LogP contribution in [0.1, 0.15) is 45.4 Å². The number of allylic oxidation sites excluding steroid dienone is 2. The lowest BCUT2D eigenvalue weighted by Gasteiger charge is -2.26. The molecule has 2 bridgehead atoms. The fourth-order valence-corrected chi connectivity index (χ4v) is 2.58. The molecule has 0 aliphatic heterocycles. The first-order valence-electron chi connectivity index (χ1n) is 5.13. The van der Waals surface area contributed by atoms with Crippen molar-refractivity contribution in [3.63, 3.8) is 0 Å². The second-order valence-corrected chi connectivity index (χ2v) is 4.35. The Labute approximate surface area is 74.5 Å². The summed E-state index contributed by atoms with van der Waals surface area (Å²) in [5.41, 5.74) is 3.27. The van der Waals surface area contributed by atoms with E-state index < -0.39 is 0 Å². The van der Waals surface area contributed by atoms with Crippen LogP contribution in [0, 0.1) is 5.92 Å². The molecule has 1 heteroatoms. The third kappa shape index (κ3) is 1.42. The lowest BCUT2D eigenvalue weighted by Crippen LogP contribution is -2.21. The maximum atomic E-state index is 9.76. The molecule has 0 aromatic carbocycles. The minimum atomic E-state index is -0.00407. The zero-order valence-electron chi connectivity index (χ0n) is 7.84. The van der Waals surface area contributed by atoms with Gasteiger partial charge in [0.2, 0.25) is 0 Å². The molecule has 68 valence electrons. The normalized spacial score (nSPS) is 36.5. The van der Waals surface area contributed by atoms with Crippen LogP contribution < -0.4 is 0 Å². The van der Waals surface area contributed by atoms with E-state index in [0.717, 1.165) is 6.42 Å². The van der Waals surface area contributed by atoms with Crippen molar-refractivity contribution in [2.75, 3.05) is 0 Å². The molecule has 2 rings (SSSR count). The van der Waals surface area contributed by atoms with Gasteiger partial charge in [-0.15, -0.1) is 0 Å². The topological polar surface area (TPSA) is 20.2 Å². The molecule has 1 N–H and O–H groups in total. The van der Waals surface area contributed by atoms with Gasteiger partial charge in [-0.25, -0.2) is 0 Å². The molecule has 0 amide bonds. The highest BCUT2D eigenvalue weighted by Crippen LogP contribution is 2.37. The fourth-order valence-electron chi connectivity index (χ4n) is 2.58. The van der Waals surface area contributed by atoms with Crippen LogP contribution in [0.2, 0.25) is 0 Å². The third-order valence-electron chi connectivity index (χ3n) is 3.52. The summed E-state index contributed by atoms with van der Waals surface area (Å²) in [5, 5.41) is 9.76. The summed E-state index contributed by atoms with van der Waals surface area (Å²) in [6.45, 7) is 2.27. The van der Waals surface area contributed by atoms with Crippen molar-refractivity contribution in [1.82, 2.24) is 0 Å². The second kappa shape index (κ2) is 3.21. The van der Waals surface area contributed by atoms with Crippen molar-refractivity contribution in [3.05, 3.63) is 11.1 Å². The van der Waals surface area contributed by atoms with E-state index in [1.807, 2.05) is 0 Å². The van der Waals surface area contributed by atoms with E-state index in [1.165, 1.54) is 32.1 Å². The van der Waals surface area contributed by atoms with Crippen LogP contribution in [-0.4, -0.2) is 11.2 Å². The molecule has 2 aliphatic rings. The Morgan fingerprint density at radius 1 is 1.25 bits per heavy atom. The minimum absolute atomic E-state index is 0.00407. The molecular weight excluding hydrogens is 148 g/mol. The Morgan fingerprint density at radius 2 is 2.08 bits per heavy atom. The average molecular weight is 166 g/mol. The van der Waals surface area contributed by atoms with Crippen LogP contribution in [0.3, 0.4) is 0 Å². The van der Waals surface area contributed by atoms with Gasteiger partial charge >= 0.3 is 0 Å². The van der Waals surface area contributed by atoms with E-state index >= 15 is 0 Å². The Balaban J connectivity index is 2.19. The van der Waals surface area contributed by atoms with E-state index in [1.54, 1.807) is 11.1 Å². The lowest BCUT2D eigenvalue weighted by atomic mass is 9.82. The smallest absolute Gasteiger partial charge is 0.0571 e. The zero-order valence-corrected chi connectivity index (χ0v) is 7.84. The number of aliphatic hydroxyl groups is 1. The monoisotopic (exact) mass is 166 g/mol. The summed E-state index contributed by atoms with van der Waals surface area (Å²) in [6.07, 6.45) is 7.11. The Hall–Kier alpha value is -0.300.